The molecule has 98 valence electrons. The first-order chi connectivity index (χ1) is 8.28. The first kappa shape index (κ1) is 14.2. The van der Waals surface area contributed by atoms with Crippen molar-refractivity contribution in [3.05, 3.63) is 29.8 Å². The number of hydrogen-bond acceptors (Lipinski definition) is 2. The minimum absolute atomic E-state index is 0.0613. The summed E-state index contributed by atoms with van der Waals surface area (Å²) in [5.74, 6) is -0.223. The van der Waals surface area contributed by atoms with E-state index in [0.717, 1.165) is 0 Å². The second-order valence-corrected chi connectivity index (χ2v) is 5.50. The van der Waals surface area contributed by atoms with Crippen molar-refractivity contribution in [1.29, 1.82) is 0 Å². The van der Waals surface area contributed by atoms with Crippen LogP contribution in [-0.2, 0) is 4.79 Å². The van der Waals surface area contributed by atoms with Crippen LogP contribution in [0.1, 0.15) is 38.1 Å². The summed E-state index contributed by atoms with van der Waals surface area (Å²) in [6.45, 7) is 8.26. The van der Waals surface area contributed by atoms with E-state index >= 15 is 0 Å². The highest BCUT2D eigenvalue weighted by Crippen LogP contribution is 2.12. The number of benzene rings is 1. The topological polar surface area (TPSA) is 58.2 Å². The summed E-state index contributed by atoms with van der Waals surface area (Å²) in [5, 5.41) is 5.53. The van der Waals surface area contributed by atoms with Crippen LogP contribution >= 0.6 is 0 Å². The predicted molar refractivity (Wildman–Crippen MR) is 72.5 cm³/mol. The summed E-state index contributed by atoms with van der Waals surface area (Å²) in [6, 6.07) is 6.83. The quantitative estimate of drug-likeness (QED) is 0.863. The van der Waals surface area contributed by atoms with Crippen LogP contribution in [0.15, 0.2) is 24.3 Å². The Balaban J connectivity index is 2.62. The number of rotatable bonds is 3. The molecule has 0 aliphatic carbocycles. The Morgan fingerprint density at radius 3 is 2.11 bits per heavy atom. The number of nitrogens with one attached hydrogen (secondary N) is 2. The minimum Gasteiger partial charge on any atom is -0.352 e. The van der Waals surface area contributed by atoms with E-state index in [-0.39, 0.29) is 17.2 Å². The molecule has 0 unspecified atom stereocenters. The molecular weight excluding hydrogens is 228 g/mol. The van der Waals surface area contributed by atoms with Crippen molar-refractivity contribution in [2.24, 2.45) is 5.41 Å². The molecule has 0 radical (unpaired) electrons. The molecule has 0 aromatic heterocycles. The highest BCUT2D eigenvalue weighted by atomic mass is 16.2. The van der Waals surface area contributed by atoms with Gasteiger partial charge in [0.15, 0.2) is 0 Å². The van der Waals surface area contributed by atoms with Gasteiger partial charge in [-0.1, -0.05) is 20.8 Å². The maximum Gasteiger partial charge on any atom is 0.251 e. The molecule has 2 amide bonds. The van der Waals surface area contributed by atoms with Crippen LogP contribution in [0.3, 0.4) is 0 Å². The highest BCUT2D eigenvalue weighted by Gasteiger charge is 2.12. The van der Waals surface area contributed by atoms with Crippen molar-refractivity contribution >= 4 is 17.5 Å². The van der Waals surface area contributed by atoms with Crippen LogP contribution in [0.5, 0.6) is 0 Å². The van der Waals surface area contributed by atoms with Gasteiger partial charge in [0.2, 0.25) is 5.91 Å². The predicted octanol–water partition coefficient (Wildman–Crippen LogP) is 2.42. The number of carbonyl (C=O) groups is 2. The Hall–Kier alpha value is -1.84. The van der Waals surface area contributed by atoms with Gasteiger partial charge in [0.05, 0.1) is 0 Å². The lowest BCUT2D eigenvalue weighted by atomic mass is 9.97. The van der Waals surface area contributed by atoms with Crippen LogP contribution in [0.4, 0.5) is 5.69 Å². The van der Waals surface area contributed by atoms with Crippen molar-refractivity contribution in [3.8, 4) is 0 Å². The molecule has 0 heterocycles. The Bertz CT molecular complexity index is 430. The van der Waals surface area contributed by atoms with E-state index in [1.54, 1.807) is 24.3 Å². The second-order valence-electron chi connectivity index (χ2n) is 5.50. The van der Waals surface area contributed by atoms with Crippen molar-refractivity contribution < 1.29 is 9.59 Å². The van der Waals surface area contributed by atoms with Crippen LogP contribution in [0.2, 0.25) is 0 Å². The third-order valence-electron chi connectivity index (χ3n) is 2.25. The van der Waals surface area contributed by atoms with Crippen molar-refractivity contribution in [3.63, 3.8) is 0 Å². The van der Waals surface area contributed by atoms with E-state index < -0.39 is 0 Å². The Morgan fingerprint density at radius 1 is 1.11 bits per heavy atom. The van der Waals surface area contributed by atoms with Crippen molar-refractivity contribution in [1.82, 2.24) is 5.32 Å². The SMILES string of the molecule is CC(=O)Nc1ccc(C(=O)NCC(C)(C)C)cc1. The van der Waals surface area contributed by atoms with Gasteiger partial charge >= 0.3 is 0 Å². The fourth-order valence-electron chi connectivity index (χ4n) is 1.36. The van der Waals surface area contributed by atoms with Crippen LogP contribution in [-0.4, -0.2) is 18.4 Å². The second kappa shape index (κ2) is 5.67. The molecule has 0 atom stereocenters. The molecule has 0 aliphatic rings. The van der Waals surface area contributed by atoms with Gasteiger partial charge in [-0.15, -0.1) is 0 Å². The molecule has 4 nitrogen and oxygen atoms in total. The monoisotopic (exact) mass is 248 g/mol. The lowest BCUT2D eigenvalue weighted by Crippen LogP contribution is -2.32. The molecule has 0 saturated carbocycles. The minimum atomic E-state index is -0.125. The summed E-state index contributed by atoms with van der Waals surface area (Å²) in [7, 11) is 0. The maximum absolute atomic E-state index is 11.8. The van der Waals surface area contributed by atoms with Gasteiger partial charge in [0.1, 0.15) is 0 Å². The molecule has 0 spiro atoms. The van der Waals surface area contributed by atoms with E-state index in [1.165, 1.54) is 6.92 Å². The molecule has 0 fully saturated rings. The number of anilines is 1. The van der Waals surface area contributed by atoms with Crippen LogP contribution < -0.4 is 10.6 Å². The lowest BCUT2D eigenvalue weighted by molar-refractivity contribution is -0.114. The van der Waals surface area contributed by atoms with Gasteiger partial charge in [0, 0.05) is 24.7 Å². The summed E-state index contributed by atoms with van der Waals surface area (Å²) in [4.78, 5) is 22.7. The molecule has 4 heteroatoms. The van der Waals surface area contributed by atoms with Gasteiger partial charge in [0.25, 0.3) is 5.91 Å². The van der Waals surface area contributed by atoms with Gasteiger partial charge < -0.3 is 10.6 Å². The molecule has 1 aromatic rings. The average Bonchev–Trinajstić information content (AvgIpc) is 2.25. The van der Waals surface area contributed by atoms with Gasteiger partial charge in [-0.2, -0.15) is 0 Å². The third kappa shape index (κ3) is 4.99. The molecule has 18 heavy (non-hydrogen) atoms. The highest BCUT2D eigenvalue weighted by molar-refractivity contribution is 5.95. The summed E-state index contributed by atoms with van der Waals surface area (Å²) < 4.78 is 0. The molecule has 0 saturated heterocycles. The smallest absolute Gasteiger partial charge is 0.251 e. The molecule has 1 rings (SSSR count). The number of hydrogen-bond donors (Lipinski definition) is 2. The van der Waals surface area contributed by atoms with E-state index in [1.807, 2.05) is 0 Å². The lowest BCUT2D eigenvalue weighted by Gasteiger charge is -2.18. The zero-order valence-electron chi connectivity index (χ0n) is 11.3. The first-order valence-corrected chi connectivity index (χ1v) is 5.94. The first-order valence-electron chi connectivity index (χ1n) is 5.94. The fourth-order valence-corrected chi connectivity index (χ4v) is 1.36. The van der Waals surface area contributed by atoms with Crippen LogP contribution in [0.25, 0.3) is 0 Å². The average molecular weight is 248 g/mol. The molecule has 1 aromatic carbocycles. The Morgan fingerprint density at radius 2 is 1.67 bits per heavy atom. The van der Waals surface area contributed by atoms with E-state index in [9.17, 15) is 9.59 Å². The van der Waals surface area contributed by atoms with Gasteiger partial charge in [-0.05, 0) is 29.7 Å². The fraction of sp³-hybridized carbons (Fsp3) is 0.429. The molecule has 0 aliphatic heterocycles. The number of amides is 2. The molecular formula is C14H20N2O2. The van der Waals surface area contributed by atoms with Gasteiger partial charge in [-0.25, -0.2) is 0 Å². The van der Waals surface area contributed by atoms with Crippen molar-refractivity contribution in [2.45, 2.75) is 27.7 Å². The summed E-state index contributed by atoms with van der Waals surface area (Å²) in [5.41, 5.74) is 1.34. The molecule has 2 N–H and O–H groups in total. The van der Waals surface area contributed by atoms with Crippen molar-refractivity contribution in [2.75, 3.05) is 11.9 Å². The maximum atomic E-state index is 11.8. The van der Waals surface area contributed by atoms with E-state index in [4.69, 9.17) is 0 Å². The van der Waals surface area contributed by atoms with Crippen LogP contribution in [0, 0.1) is 5.41 Å². The van der Waals surface area contributed by atoms with E-state index in [0.29, 0.717) is 17.8 Å². The van der Waals surface area contributed by atoms with Gasteiger partial charge in [-0.3, -0.25) is 9.59 Å². The zero-order chi connectivity index (χ0) is 13.8. The Kier molecular flexibility index (Phi) is 4.48. The van der Waals surface area contributed by atoms with E-state index in [2.05, 4.69) is 31.4 Å². The summed E-state index contributed by atoms with van der Waals surface area (Å²) >= 11 is 0. The zero-order valence-corrected chi connectivity index (χ0v) is 11.3. The third-order valence-corrected chi connectivity index (χ3v) is 2.25. The summed E-state index contributed by atoms with van der Waals surface area (Å²) in [6.07, 6.45) is 0. The normalized spacial score (nSPS) is 10.9. The Labute approximate surface area is 108 Å². The molecule has 0 bridgehead atoms. The largest absolute Gasteiger partial charge is 0.352 e. The standard InChI is InChI=1S/C14H20N2O2/c1-10(17)16-12-7-5-11(6-8-12)13(18)15-9-14(2,3)4/h5-8H,9H2,1-4H3,(H,15,18)(H,16,17). The number of carbonyl (C=O) groups excluding carboxylic acids is 2.